The molecule has 0 saturated heterocycles. The van der Waals surface area contributed by atoms with Crippen molar-refractivity contribution in [3.05, 3.63) is 33.5 Å². The van der Waals surface area contributed by atoms with Crippen LogP contribution in [0.3, 0.4) is 0 Å². The first-order valence-electron chi connectivity index (χ1n) is 8.68. The van der Waals surface area contributed by atoms with Crippen LogP contribution in [-0.2, 0) is 22.1 Å². The predicted molar refractivity (Wildman–Crippen MR) is 111 cm³/mol. The number of benzene rings is 1. The number of hydrogen-bond donors (Lipinski definition) is 0. The van der Waals surface area contributed by atoms with Crippen molar-refractivity contribution < 1.29 is 13.3 Å². The van der Waals surface area contributed by atoms with E-state index in [1.807, 2.05) is 20.8 Å². The van der Waals surface area contributed by atoms with Crippen LogP contribution >= 0.6 is 15.9 Å². The van der Waals surface area contributed by atoms with Crippen molar-refractivity contribution in [1.82, 2.24) is 0 Å². The smallest absolute Gasteiger partial charge is 0.145 e. The molecule has 6 heteroatoms. The largest absolute Gasteiger partial charge is 0.381 e. The monoisotopic (exact) mass is 445 g/mol. The van der Waals surface area contributed by atoms with Crippen LogP contribution in [0, 0.1) is 11.2 Å². The van der Waals surface area contributed by atoms with E-state index in [4.69, 9.17) is 9.13 Å². The molecule has 1 spiro atoms. The molecule has 0 aromatic heterocycles. The van der Waals surface area contributed by atoms with E-state index in [2.05, 4.69) is 15.9 Å². The number of halogens is 2. The van der Waals surface area contributed by atoms with E-state index in [-0.39, 0.29) is 24.8 Å². The van der Waals surface area contributed by atoms with Crippen molar-refractivity contribution in [2.24, 2.45) is 9.81 Å². The molecule has 1 aromatic carbocycles. The van der Waals surface area contributed by atoms with E-state index in [0.29, 0.717) is 4.47 Å². The summed E-state index contributed by atoms with van der Waals surface area (Å²) >= 11 is 3.29. The zero-order valence-corrected chi connectivity index (χ0v) is 17.6. The molecule has 0 heterocycles. The molecular formula is C20H29BrFNO2S. The van der Waals surface area contributed by atoms with Crippen molar-refractivity contribution >= 4 is 32.6 Å². The lowest BCUT2D eigenvalue weighted by Crippen LogP contribution is -2.36. The Balaban J connectivity index is 0.00000243. The van der Waals surface area contributed by atoms with Gasteiger partial charge in [-0.25, -0.2) is 8.60 Å². The first-order chi connectivity index (χ1) is 11.7. The lowest BCUT2D eigenvalue weighted by molar-refractivity contribution is 0.0468. The van der Waals surface area contributed by atoms with E-state index in [9.17, 15) is 8.60 Å². The number of nitrogens with zero attached hydrogens (tertiary/aromatic N) is 1. The van der Waals surface area contributed by atoms with Gasteiger partial charge < -0.3 is 4.74 Å². The highest BCUT2D eigenvalue weighted by molar-refractivity contribution is 9.10. The van der Waals surface area contributed by atoms with Crippen LogP contribution in [0.1, 0.15) is 65.0 Å². The van der Waals surface area contributed by atoms with Gasteiger partial charge in [0.05, 0.1) is 21.0 Å². The molecule has 0 bridgehead atoms. The van der Waals surface area contributed by atoms with Crippen molar-refractivity contribution in [3.63, 3.8) is 0 Å². The second-order valence-electron chi connectivity index (χ2n) is 8.12. The lowest BCUT2D eigenvalue weighted by atomic mass is 9.70. The van der Waals surface area contributed by atoms with Gasteiger partial charge in [-0.2, -0.15) is 4.40 Å². The van der Waals surface area contributed by atoms with Gasteiger partial charge in [-0.3, -0.25) is 0 Å². The highest BCUT2D eigenvalue weighted by Crippen LogP contribution is 2.49. The average molecular weight is 446 g/mol. The summed E-state index contributed by atoms with van der Waals surface area (Å²) < 4.78 is 37.0. The fourth-order valence-electron chi connectivity index (χ4n) is 3.85. The Kier molecular flexibility index (Phi) is 6.51. The van der Waals surface area contributed by atoms with Crippen LogP contribution in [-0.4, -0.2) is 27.9 Å². The normalized spacial score (nSPS) is 28.1. The first-order valence-corrected chi connectivity index (χ1v) is 10.6. The Labute approximate surface area is 167 Å². The standard InChI is InChI=1S/C19H25BrFNO2S.CH4/c1-18(2,3)25(23)22-17-14-10-15(20)16(21)9-12(14)11-19(17)7-5-13(24-4)6-8-19;/h9-10,13H,5-8,11H2,1-4H3;1H4. The molecule has 3 nitrogen and oxygen atoms in total. The fraction of sp³-hybridized carbons (Fsp3) is 0.650. The predicted octanol–water partition coefficient (Wildman–Crippen LogP) is 5.61. The molecule has 1 atom stereocenters. The topological polar surface area (TPSA) is 38.7 Å². The summed E-state index contributed by atoms with van der Waals surface area (Å²) in [7, 11) is 0.415. The molecule has 0 N–H and O–H groups in total. The first kappa shape index (κ1) is 21.7. The Morgan fingerprint density at radius 2 is 1.92 bits per heavy atom. The SMILES string of the molecule is C.COC1CCC2(CC1)Cc1cc(F)c(Br)cc1C2=NS(=O)C(C)(C)C. The van der Waals surface area contributed by atoms with Crippen molar-refractivity contribution in [2.75, 3.05) is 7.11 Å². The van der Waals surface area contributed by atoms with Crippen molar-refractivity contribution in [3.8, 4) is 0 Å². The van der Waals surface area contributed by atoms with Crippen LogP contribution in [0.25, 0.3) is 0 Å². The lowest BCUT2D eigenvalue weighted by Gasteiger charge is -2.37. The maximum Gasteiger partial charge on any atom is 0.145 e. The summed E-state index contributed by atoms with van der Waals surface area (Å²) in [6, 6.07) is 3.41. The second kappa shape index (κ2) is 7.80. The van der Waals surface area contributed by atoms with Crippen LogP contribution in [0.5, 0.6) is 0 Å². The Bertz CT molecular complexity index is 734. The molecule has 0 amide bonds. The van der Waals surface area contributed by atoms with Crippen molar-refractivity contribution in [1.29, 1.82) is 0 Å². The van der Waals surface area contributed by atoms with Crippen LogP contribution in [0.4, 0.5) is 4.39 Å². The molecule has 1 unspecified atom stereocenters. The number of hydrogen-bond acceptors (Lipinski definition) is 2. The number of ether oxygens (including phenoxy) is 1. The zero-order valence-electron chi connectivity index (χ0n) is 15.2. The quantitative estimate of drug-likeness (QED) is 0.593. The maximum atomic E-state index is 14.1. The molecule has 0 radical (unpaired) electrons. The summed E-state index contributed by atoms with van der Waals surface area (Å²) in [5.74, 6) is -0.252. The van der Waals surface area contributed by atoms with Gasteiger partial charge >= 0.3 is 0 Å². The molecule has 146 valence electrons. The second-order valence-corrected chi connectivity index (χ2v) is 10.9. The van der Waals surface area contributed by atoms with Gasteiger partial charge in [-0.1, -0.05) is 7.43 Å². The molecule has 1 fully saturated rings. The number of rotatable bonds is 2. The highest BCUT2D eigenvalue weighted by Gasteiger charge is 2.46. The third-order valence-corrected chi connectivity index (χ3v) is 7.36. The van der Waals surface area contributed by atoms with E-state index < -0.39 is 15.7 Å². The van der Waals surface area contributed by atoms with E-state index in [0.717, 1.165) is 48.9 Å². The summed E-state index contributed by atoms with van der Waals surface area (Å²) in [4.78, 5) is 0. The number of methoxy groups -OCH3 is 1. The van der Waals surface area contributed by atoms with Crippen molar-refractivity contribution in [2.45, 2.75) is 71.2 Å². The summed E-state index contributed by atoms with van der Waals surface area (Å²) in [5.41, 5.74) is 2.67. The Hall–Kier alpha value is -0.590. The Morgan fingerprint density at radius 3 is 2.46 bits per heavy atom. The van der Waals surface area contributed by atoms with Crippen LogP contribution in [0.15, 0.2) is 21.0 Å². The molecule has 1 saturated carbocycles. The summed E-state index contributed by atoms with van der Waals surface area (Å²) in [6.07, 6.45) is 4.81. The van der Waals surface area contributed by atoms with E-state index in [1.54, 1.807) is 19.2 Å². The minimum Gasteiger partial charge on any atom is -0.381 e. The zero-order chi connectivity index (χ0) is 18.4. The Morgan fingerprint density at radius 1 is 1.31 bits per heavy atom. The third kappa shape index (κ3) is 3.97. The molecule has 0 aliphatic heterocycles. The highest BCUT2D eigenvalue weighted by atomic mass is 79.9. The molecule has 26 heavy (non-hydrogen) atoms. The molecular weight excluding hydrogens is 417 g/mol. The number of fused-ring (bicyclic) bond motifs is 1. The van der Waals surface area contributed by atoms with Crippen LogP contribution < -0.4 is 0 Å². The molecule has 1 aromatic rings. The molecule has 2 aliphatic rings. The average Bonchev–Trinajstić information content (AvgIpc) is 2.81. The van der Waals surface area contributed by atoms with Gasteiger partial charge in [0.25, 0.3) is 0 Å². The summed E-state index contributed by atoms with van der Waals surface area (Å²) in [5, 5.41) is 0. The van der Waals surface area contributed by atoms with Gasteiger partial charge in [-0.15, -0.1) is 0 Å². The van der Waals surface area contributed by atoms with E-state index >= 15 is 0 Å². The minimum absolute atomic E-state index is 0. The summed E-state index contributed by atoms with van der Waals surface area (Å²) in [6.45, 7) is 5.79. The maximum absolute atomic E-state index is 14.1. The van der Waals surface area contributed by atoms with Crippen LogP contribution in [0.2, 0.25) is 0 Å². The van der Waals surface area contributed by atoms with Gasteiger partial charge in [0.2, 0.25) is 0 Å². The molecule has 3 rings (SSSR count). The van der Waals surface area contributed by atoms with E-state index in [1.165, 1.54) is 0 Å². The van der Waals surface area contributed by atoms with Gasteiger partial charge in [0.1, 0.15) is 16.8 Å². The van der Waals surface area contributed by atoms with Gasteiger partial charge in [0.15, 0.2) is 0 Å². The van der Waals surface area contributed by atoms with Gasteiger partial charge in [-0.05, 0) is 86.5 Å². The van der Waals surface area contributed by atoms with Gasteiger partial charge in [0, 0.05) is 18.1 Å². The minimum atomic E-state index is -1.34. The fourth-order valence-corrected chi connectivity index (χ4v) is 4.92. The molecule has 2 aliphatic carbocycles. The third-order valence-electron chi connectivity index (χ3n) is 5.35.